The predicted octanol–water partition coefficient (Wildman–Crippen LogP) is 3.61. The van der Waals surface area contributed by atoms with Gasteiger partial charge in [-0.2, -0.15) is 0 Å². The Labute approximate surface area is 164 Å². The van der Waals surface area contributed by atoms with E-state index in [2.05, 4.69) is 52.8 Å². The van der Waals surface area contributed by atoms with Crippen molar-refractivity contribution in [2.45, 2.75) is 84.0 Å². The number of carbonyl (C=O) groups is 1. The summed E-state index contributed by atoms with van der Waals surface area (Å²) < 4.78 is 17.8. The molecule has 2 fully saturated rings. The molecule has 0 unspecified atom stereocenters. The largest absolute Gasteiger partial charge is 0.494 e. The second-order valence-corrected chi connectivity index (χ2v) is 9.37. The Kier molecular flexibility index (Phi) is 5.59. The van der Waals surface area contributed by atoms with Crippen molar-refractivity contribution in [3.05, 3.63) is 29.3 Å². The highest BCUT2D eigenvalue weighted by molar-refractivity contribution is 6.62. The van der Waals surface area contributed by atoms with Gasteiger partial charge in [0.25, 0.3) is 0 Å². The fourth-order valence-corrected chi connectivity index (χ4v) is 4.16. The van der Waals surface area contributed by atoms with E-state index in [0.29, 0.717) is 6.10 Å². The SMILES string of the molecule is COC1CCC(C=O)(Cc2ccc(B3OC(C)(C)C(C)(C)O3)cc2C)CC1. The summed E-state index contributed by atoms with van der Waals surface area (Å²) >= 11 is 0. The number of methoxy groups -OCH3 is 1. The molecule has 1 saturated heterocycles. The molecule has 0 N–H and O–H groups in total. The predicted molar refractivity (Wildman–Crippen MR) is 108 cm³/mol. The molecule has 0 atom stereocenters. The molecule has 4 nitrogen and oxygen atoms in total. The second kappa shape index (κ2) is 7.34. The van der Waals surface area contributed by atoms with Crippen molar-refractivity contribution in [3.8, 4) is 0 Å². The summed E-state index contributed by atoms with van der Waals surface area (Å²) in [5, 5.41) is 0. The van der Waals surface area contributed by atoms with Gasteiger partial charge in [0.2, 0.25) is 0 Å². The van der Waals surface area contributed by atoms with Crippen LogP contribution in [0.1, 0.15) is 64.5 Å². The minimum atomic E-state index is -0.347. The maximum atomic E-state index is 11.9. The molecule has 5 heteroatoms. The minimum absolute atomic E-state index is 0.258. The summed E-state index contributed by atoms with van der Waals surface area (Å²) in [6.45, 7) is 10.4. The first-order valence-corrected chi connectivity index (χ1v) is 10.1. The van der Waals surface area contributed by atoms with E-state index in [1.54, 1.807) is 7.11 Å². The van der Waals surface area contributed by atoms with Gasteiger partial charge in [-0.1, -0.05) is 18.2 Å². The van der Waals surface area contributed by atoms with Crippen LogP contribution in [-0.2, 0) is 25.3 Å². The summed E-state index contributed by atoms with van der Waals surface area (Å²) in [5.41, 5.74) is 2.53. The van der Waals surface area contributed by atoms with Crippen molar-refractivity contribution >= 4 is 18.9 Å². The Bertz CT molecular complexity index is 674. The number of hydrogen-bond acceptors (Lipinski definition) is 4. The molecule has 1 saturated carbocycles. The maximum Gasteiger partial charge on any atom is 0.494 e. The molecule has 0 aromatic heterocycles. The number of ether oxygens (including phenoxy) is 1. The Balaban J connectivity index is 1.75. The van der Waals surface area contributed by atoms with Crippen LogP contribution in [0, 0.1) is 12.3 Å². The minimum Gasteiger partial charge on any atom is -0.399 e. The monoisotopic (exact) mass is 372 g/mol. The van der Waals surface area contributed by atoms with E-state index in [4.69, 9.17) is 14.0 Å². The van der Waals surface area contributed by atoms with E-state index in [1.165, 1.54) is 17.4 Å². The molecule has 1 aromatic rings. The fraction of sp³-hybridized carbons (Fsp3) is 0.682. The van der Waals surface area contributed by atoms with Gasteiger partial charge in [0.05, 0.1) is 17.3 Å². The van der Waals surface area contributed by atoms with Crippen molar-refractivity contribution in [1.82, 2.24) is 0 Å². The van der Waals surface area contributed by atoms with Gasteiger partial charge in [0, 0.05) is 12.5 Å². The molecule has 148 valence electrons. The molecule has 0 amide bonds. The lowest BCUT2D eigenvalue weighted by molar-refractivity contribution is -0.119. The molecule has 1 aliphatic heterocycles. The lowest BCUT2D eigenvalue weighted by Gasteiger charge is -2.36. The molecule has 1 heterocycles. The van der Waals surface area contributed by atoms with Crippen LogP contribution in [0.5, 0.6) is 0 Å². The van der Waals surface area contributed by atoms with Gasteiger partial charge >= 0.3 is 7.12 Å². The maximum absolute atomic E-state index is 11.9. The van der Waals surface area contributed by atoms with Gasteiger partial charge in [-0.15, -0.1) is 0 Å². The number of carbonyl (C=O) groups excluding carboxylic acids is 1. The zero-order valence-corrected chi connectivity index (χ0v) is 17.6. The molecule has 3 rings (SSSR count). The summed E-state index contributed by atoms with van der Waals surface area (Å²) in [7, 11) is 1.41. The fourth-order valence-electron chi connectivity index (χ4n) is 4.16. The molecule has 27 heavy (non-hydrogen) atoms. The summed E-state index contributed by atoms with van der Waals surface area (Å²) in [6, 6.07) is 6.38. The Morgan fingerprint density at radius 2 is 1.74 bits per heavy atom. The van der Waals surface area contributed by atoms with E-state index in [0.717, 1.165) is 37.6 Å². The summed E-state index contributed by atoms with van der Waals surface area (Å²) in [4.78, 5) is 11.9. The Morgan fingerprint density at radius 3 is 2.22 bits per heavy atom. The Morgan fingerprint density at radius 1 is 1.15 bits per heavy atom. The third kappa shape index (κ3) is 4.01. The Hall–Kier alpha value is -1.17. The van der Waals surface area contributed by atoms with Gasteiger partial charge in [-0.05, 0) is 83.3 Å². The van der Waals surface area contributed by atoms with Crippen molar-refractivity contribution in [2.24, 2.45) is 5.41 Å². The highest BCUT2D eigenvalue weighted by atomic mass is 16.7. The zero-order valence-electron chi connectivity index (χ0n) is 17.6. The standard InChI is InChI=1S/C22H33BO4/c1-16-13-18(23-26-20(2,3)21(4,5)27-23)8-7-17(16)14-22(15-24)11-9-19(25-6)10-12-22/h7-8,13,15,19H,9-12,14H2,1-6H3. The van der Waals surface area contributed by atoms with Crippen LogP contribution in [0.4, 0.5) is 0 Å². The van der Waals surface area contributed by atoms with Crippen LogP contribution in [0.2, 0.25) is 0 Å². The topological polar surface area (TPSA) is 44.8 Å². The molecule has 0 spiro atoms. The van der Waals surface area contributed by atoms with Crippen LogP contribution < -0.4 is 5.46 Å². The zero-order chi connectivity index (χ0) is 19.9. The normalized spacial score (nSPS) is 29.7. The van der Waals surface area contributed by atoms with Crippen LogP contribution in [0.15, 0.2) is 18.2 Å². The number of aryl methyl sites for hydroxylation is 1. The van der Waals surface area contributed by atoms with Gasteiger partial charge in [-0.3, -0.25) is 0 Å². The van der Waals surface area contributed by atoms with Gasteiger partial charge in [0.15, 0.2) is 0 Å². The smallest absolute Gasteiger partial charge is 0.399 e. The lowest BCUT2D eigenvalue weighted by Crippen LogP contribution is -2.41. The third-order valence-electron chi connectivity index (χ3n) is 6.95. The molecule has 0 bridgehead atoms. The van der Waals surface area contributed by atoms with Crippen LogP contribution >= 0.6 is 0 Å². The number of rotatable bonds is 5. The summed E-state index contributed by atoms with van der Waals surface area (Å²) in [6.07, 6.45) is 5.98. The quantitative estimate of drug-likeness (QED) is 0.585. The first kappa shape index (κ1) is 20.6. The molecule has 1 aromatic carbocycles. The average molecular weight is 372 g/mol. The third-order valence-corrected chi connectivity index (χ3v) is 6.95. The first-order valence-electron chi connectivity index (χ1n) is 10.1. The van der Waals surface area contributed by atoms with Gasteiger partial charge in [0.1, 0.15) is 6.29 Å². The first-order chi connectivity index (χ1) is 12.6. The number of aldehydes is 1. The van der Waals surface area contributed by atoms with Crippen LogP contribution in [0.25, 0.3) is 0 Å². The molecular formula is C22H33BO4. The number of hydrogen-bond donors (Lipinski definition) is 0. The number of benzene rings is 1. The van der Waals surface area contributed by atoms with Crippen molar-refractivity contribution < 1.29 is 18.8 Å². The van der Waals surface area contributed by atoms with Crippen LogP contribution in [-0.4, -0.2) is 37.8 Å². The van der Waals surface area contributed by atoms with Gasteiger partial charge in [-0.25, -0.2) is 0 Å². The van der Waals surface area contributed by atoms with Crippen molar-refractivity contribution in [3.63, 3.8) is 0 Å². The van der Waals surface area contributed by atoms with E-state index in [1.807, 2.05) is 0 Å². The van der Waals surface area contributed by atoms with E-state index < -0.39 is 0 Å². The lowest BCUT2D eigenvalue weighted by atomic mass is 9.69. The molecule has 1 aliphatic carbocycles. The van der Waals surface area contributed by atoms with Crippen LogP contribution in [0.3, 0.4) is 0 Å². The van der Waals surface area contributed by atoms with E-state index in [-0.39, 0.29) is 23.7 Å². The van der Waals surface area contributed by atoms with E-state index >= 15 is 0 Å². The van der Waals surface area contributed by atoms with Crippen molar-refractivity contribution in [2.75, 3.05) is 7.11 Å². The molecular weight excluding hydrogens is 339 g/mol. The highest BCUT2D eigenvalue weighted by Gasteiger charge is 2.51. The molecule has 0 radical (unpaired) electrons. The average Bonchev–Trinajstić information content (AvgIpc) is 2.85. The second-order valence-electron chi connectivity index (χ2n) is 9.37. The van der Waals surface area contributed by atoms with Crippen molar-refractivity contribution in [1.29, 1.82) is 0 Å². The summed E-state index contributed by atoms with van der Waals surface area (Å²) in [5.74, 6) is 0. The highest BCUT2D eigenvalue weighted by Crippen LogP contribution is 2.39. The van der Waals surface area contributed by atoms with E-state index in [9.17, 15) is 4.79 Å². The molecule has 2 aliphatic rings. The van der Waals surface area contributed by atoms with Gasteiger partial charge < -0.3 is 18.8 Å².